The van der Waals surface area contributed by atoms with Gasteiger partial charge in [-0.25, -0.2) is 12.8 Å². The summed E-state index contributed by atoms with van der Waals surface area (Å²) in [5.41, 5.74) is -0.555. The molecular weight excluding hydrogens is 254 g/mol. The number of nitrogens with one attached hydrogen (secondary N) is 1. The van der Waals surface area contributed by atoms with Gasteiger partial charge in [0, 0.05) is 0 Å². The van der Waals surface area contributed by atoms with Gasteiger partial charge in [0.25, 0.3) is 10.0 Å². The first-order valence-electron chi connectivity index (χ1n) is 3.34. The summed E-state index contributed by atoms with van der Waals surface area (Å²) in [6.07, 6.45) is 0. The number of hydrogen-bond acceptors (Lipinski definition) is 3. The van der Waals surface area contributed by atoms with Crippen molar-refractivity contribution in [3.63, 3.8) is 0 Å². The number of benzene rings is 1. The van der Waals surface area contributed by atoms with Gasteiger partial charge in [0.05, 0.1) is 0 Å². The number of halogens is 2. The van der Waals surface area contributed by atoms with Crippen LogP contribution in [0.2, 0.25) is 0 Å². The molecule has 0 radical (unpaired) electrons. The summed E-state index contributed by atoms with van der Waals surface area (Å²) in [4.78, 5) is -0.477. The van der Waals surface area contributed by atoms with Gasteiger partial charge in [-0.1, -0.05) is 6.07 Å². The number of nitriles is 1. The molecule has 0 fully saturated rings. The molecule has 15 heavy (non-hydrogen) atoms. The van der Waals surface area contributed by atoms with Gasteiger partial charge in [-0.2, -0.15) is 5.26 Å². The quantitative estimate of drug-likeness (QED) is 0.620. The third kappa shape index (κ3) is 3.14. The van der Waals surface area contributed by atoms with E-state index >= 15 is 0 Å². The Morgan fingerprint density at radius 3 is 2.53 bits per heavy atom. The molecule has 1 aromatic rings. The Bertz CT molecular complexity index is 500. The molecule has 8 heteroatoms. The Balaban J connectivity index is 0.00000196. The SMILES string of the molecule is N#Cc1c(F)cccc1S(=O)(=O)NCl.[NaH]. The molecule has 76 valence electrons. The van der Waals surface area contributed by atoms with Gasteiger partial charge < -0.3 is 0 Å². The molecule has 0 atom stereocenters. The van der Waals surface area contributed by atoms with E-state index in [0.717, 1.165) is 12.1 Å². The third-order valence-electron chi connectivity index (χ3n) is 1.48. The molecule has 1 N–H and O–H groups in total. The van der Waals surface area contributed by atoms with E-state index in [1.165, 1.54) is 16.4 Å². The van der Waals surface area contributed by atoms with E-state index in [1.807, 2.05) is 0 Å². The molecule has 0 saturated heterocycles. The average Bonchev–Trinajstić information content (AvgIpc) is 2.17. The van der Waals surface area contributed by atoms with Crippen LogP contribution >= 0.6 is 11.8 Å². The van der Waals surface area contributed by atoms with Crippen LogP contribution in [0, 0.1) is 17.1 Å². The predicted octanol–water partition coefficient (Wildman–Crippen LogP) is 0.481. The van der Waals surface area contributed by atoms with E-state index in [1.54, 1.807) is 0 Å². The van der Waals surface area contributed by atoms with Gasteiger partial charge in [-0.15, -0.1) is 4.24 Å². The Labute approximate surface area is 113 Å². The van der Waals surface area contributed by atoms with Crippen molar-refractivity contribution in [2.24, 2.45) is 0 Å². The van der Waals surface area contributed by atoms with Crippen LogP contribution in [-0.2, 0) is 10.0 Å². The Hall–Kier alpha value is -0.160. The molecule has 0 aliphatic heterocycles. The van der Waals surface area contributed by atoms with E-state index in [0.29, 0.717) is 0 Å². The van der Waals surface area contributed by atoms with Crippen molar-refractivity contribution >= 4 is 51.4 Å². The van der Waals surface area contributed by atoms with Gasteiger partial charge >= 0.3 is 29.6 Å². The average molecular weight is 259 g/mol. The van der Waals surface area contributed by atoms with Crippen molar-refractivity contribution in [2.75, 3.05) is 0 Å². The molecule has 0 unspecified atom stereocenters. The zero-order valence-corrected chi connectivity index (χ0v) is 8.23. The van der Waals surface area contributed by atoms with Gasteiger partial charge in [-0.3, -0.25) is 0 Å². The van der Waals surface area contributed by atoms with Crippen molar-refractivity contribution in [3.8, 4) is 6.07 Å². The summed E-state index contributed by atoms with van der Waals surface area (Å²) >= 11 is 4.94. The van der Waals surface area contributed by atoms with Crippen LogP contribution in [0.15, 0.2) is 23.1 Å². The molecule has 0 saturated carbocycles. The first kappa shape index (κ1) is 14.8. The summed E-state index contributed by atoms with van der Waals surface area (Å²) in [5.74, 6) is -0.902. The van der Waals surface area contributed by atoms with Gasteiger partial charge in [0.15, 0.2) is 0 Å². The summed E-state index contributed by atoms with van der Waals surface area (Å²) < 4.78 is 36.8. The minimum atomic E-state index is -4.01. The molecule has 0 bridgehead atoms. The second-order valence-electron chi connectivity index (χ2n) is 2.31. The summed E-state index contributed by atoms with van der Waals surface area (Å²) in [5, 5.41) is 8.53. The van der Waals surface area contributed by atoms with Crippen LogP contribution in [0.25, 0.3) is 0 Å². The fourth-order valence-electron chi connectivity index (χ4n) is 0.878. The molecule has 0 amide bonds. The summed E-state index contributed by atoms with van der Waals surface area (Å²) in [6, 6.07) is 4.71. The van der Waals surface area contributed by atoms with Crippen molar-refractivity contribution < 1.29 is 12.8 Å². The molecule has 1 aromatic carbocycles. The molecule has 0 aliphatic carbocycles. The summed E-state index contributed by atoms with van der Waals surface area (Å²) in [6.45, 7) is 0. The maximum atomic E-state index is 13.0. The molecule has 0 aromatic heterocycles. The van der Waals surface area contributed by atoms with Crippen molar-refractivity contribution in [3.05, 3.63) is 29.6 Å². The zero-order chi connectivity index (χ0) is 10.8. The second-order valence-corrected chi connectivity index (χ2v) is 4.37. The molecular formula is C7H5ClFN2NaO2S. The number of hydrogen-bond donors (Lipinski definition) is 1. The van der Waals surface area contributed by atoms with E-state index in [2.05, 4.69) is 0 Å². The van der Waals surface area contributed by atoms with Gasteiger partial charge in [0.1, 0.15) is 22.3 Å². The molecule has 0 spiro atoms. The van der Waals surface area contributed by atoms with Gasteiger partial charge in [0.2, 0.25) is 0 Å². The first-order valence-corrected chi connectivity index (χ1v) is 5.20. The molecule has 0 aliphatic rings. The first-order chi connectivity index (χ1) is 6.53. The minimum absolute atomic E-state index is 0. The number of nitrogens with zero attached hydrogens (tertiary/aromatic N) is 1. The van der Waals surface area contributed by atoms with Crippen LogP contribution in [0.1, 0.15) is 5.56 Å². The maximum absolute atomic E-state index is 13.0. The van der Waals surface area contributed by atoms with E-state index in [4.69, 9.17) is 17.0 Å². The van der Waals surface area contributed by atoms with E-state index in [9.17, 15) is 12.8 Å². The van der Waals surface area contributed by atoms with Crippen LogP contribution in [-0.4, -0.2) is 38.0 Å². The van der Waals surface area contributed by atoms with Crippen molar-refractivity contribution in [1.82, 2.24) is 4.24 Å². The fraction of sp³-hybridized carbons (Fsp3) is 0. The molecule has 0 heterocycles. The monoisotopic (exact) mass is 258 g/mol. The third-order valence-corrected chi connectivity index (χ3v) is 3.21. The number of sulfonamides is 1. The van der Waals surface area contributed by atoms with Crippen LogP contribution in [0.5, 0.6) is 0 Å². The van der Waals surface area contributed by atoms with E-state index < -0.39 is 26.3 Å². The van der Waals surface area contributed by atoms with Gasteiger partial charge in [-0.05, 0) is 23.9 Å². The number of rotatable bonds is 2. The van der Waals surface area contributed by atoms with Crippen LogP contribution in [0.3, 0.4) is 0 Å². The second kappa shape index (κ2) is 5.80. The zero-order valence-electron chi connectivity index (χ0n) is 6.66. The topological polar surface area (TPSA) is 70.0 Å². The van der Waals surface area contributed by atoms with Crippen LogP contribution in [0.4, 0.5) is 4.39 Å². The molecule has 4 nitrogen and oxygen atoms in total. The standard InChI is InChI=1S/C7H4ClFN2O2S.Na.H/c8-11-14(12,13)7-3-1-2-6(9)5(7)4-10;;/h1-3,11H;;. The van der Waals surface area contributed by atoms with E-state index in [-0.39, 0.29) is 29.6 Å². The predicted molar refractivity (Wildman–Crippen MR) is 54.4 cm³/mol. The summed E-state index contributed by atoms with van der Waals surface area (Å²) in [7, 11) is -4.01. The van der Waals surface area contributed by atoms with Crippen molar-refractivity contribution in [1.29, 1.82) is 5.26 Å². The Kier molecular flexibility index (Phi) is 5.73. The van der Waals surface area contributed by atoms with Crippen LogP contribution < -0.4 is 4.24 Å². The fourth-order valence-corrected chi connectivity index (χ4v) is 1.88. The molecule has 1 rings (SSSR count). The normalized spacial score (nSPS) is 10.2. The Morgan fingerprint density at radius 2 is 2.07 bits per heavy atom. The Morgan fingerprint density at radius 1 is 1.47 bits per heavy atom. The van der Waals surface area contributed by atoms with Crippen molar-refractivity contribution in [2.45, 2.75) is 4.90 Å².